The summed E-state index contributed by atoms with van der Waals surface area (Å²) in [5.74, 6) is -0.637. The molecular formula is C13H8N6O6S2. The molecule has 138 valence electrons. The van der Waals surface area contributed by atoms with E-state index < -0.39 is 15.8 Å². The van der Waals surface area contributed by atoms with Crippen LogP contribution in [0.5, 0.6) is 0 Å². The van der Waals surface area contributed by atoms with Crippen LogP contribution in [0.3, 0.4) is 0 Å². The first-order chi connectivity index (χ1) is 12.9. The van der Waals surface area contributed by atoms with Crippen LogP contribution in [0.15, 0.2) is 40.1 Å². The molecular weight excluding hydrogens is 400 g/mol. The van der Waals surface area contributed by atoms with E-state index in [2.05, 4.69) is 20.5 Å². The zero-order valence-corrected chi connectivity index (χ0v) is 14.7. The summed E-state index contributed by atoms with van der Waals surface area (Å²) in [6.07, 6.45) is 1.05. The predicted molar refractivity (Wildman–Crippen MR) is 94.5 cm³/mol. The lowest BCUT2D eigenvalue weighted by molar-refractivity contribution is -0.384. The van der Waals surface area contributed by atoms with Crippen LogP contribution in [0.1, 0.15) is 0 Å². The SMILES string of the molecule is O=C(CSc1nnc(-c2ccccc2[N+](=O)[O-])o1)Nc1ncc([N+](=O)[O-])s1. The van der Waals surface area contributed by atoms with Crippen molar-refractivity contribution in [3.8, 4) is 11.5 Å². The number of hydrogen-bond donors (Lipinski definition) is 1. The minimum absolute atomic E-state index is 0.0410. The first-order valence-electron chi connectivity index (χ1n) is 7.04. The molecule has 2 aromatic heterocycles. The number of anilines is 1. The number of nitrogens with one attached hydrogen (secondary N) is 1. The van der Waals surface area contributed by atoms with Gasteiger partial charge >= 0.3 is 5.00 Å². The van der Waals surface area contributed by atoms with Gasteiger partial charge in [0.25, 0.3) is 16.8 Å². The Hall–Kier alpha value is -3.39. The highest BCUT2D eigenvalue weighted by atomic mass is 32.2. The van der Waals surface area contributed by atoms with Gasteiger partial charge in [0.1, 0.15) is 11.8 Å². The third kappa shape index (κ3) is 4.42. The van der Waals surface area contributed by atoms with E-state index in [1.165, 1.54) is 18.2 Å². The van der Waals surface area contributed by atoms with Crippen molar-refractivity contribution in [1.82, 2.24) is 15.2 Å². The second kappa shape index (κ2) is 7.88. The van der Waals surface area contributed by atoms with Crippen LogP contribution in [0.2, 0.25) is 0 Å². The van der Waals surface area contributed by atoms with Gasteiger partial charge in [-0.15, -0.1) is 10.2 Å². The maximum atomic E-state index is 11.9. The number of nitro groups is 2. The fourth-order valence-electron chi connectivity index (χ4n) is 1.88. The fraction of sp³-hybridized carbons (Fsp3) is 0.0769. The Morgan fingerprint density at radius 2 is 2.00 bits per heavy atom. The van der Waals surface area contributed by atoms with Crippen molar-refractivity contribution < 1.29 is 19.1 Å². The molecule has 14 heteroatoms. The number of benzene rings is 1. The van der Waals surface area contributed by atoms with Crippen LogP contribution in [-0.2, 0) is 4.79 Å². The molecule has 0 saturated heterocycles. The Morgan fingerprint density at radius 3 is 2.70 bits per heavy atom. The van der Waals surface area contributed by atoms with Gasteiger partial charge in [0.05, 0.1) is 15.6 Å². The van der Waals surface area contributed by atoms with E-state index in [4.69, 9.17) is 4.42 Å². The lowest BCUT2D eigenvalue weighted by atomic mass is 10.2. The number of nitrogens with zero attached hydrogens (tertiary/aromatic N) is 5. The summed E-state index contributed by atoms with van der Waals surface area (Å²) in [7, 11) is 0. The van der Waals surface area contributed by atoms with Crippen molar-refractivity contribution in [2.24, 2.45) is 0 Å². The van der Waals surface area contributed by atoms with Crippen LogP contribution in [-0.4, -0.2) is 36.7 Å². The molecule has 1 aromatic carbocycles. The van der Waals surface area contributed by atoms with Crippen LogP contribution in [0.25, 0.3) is 11.5 Å². The number of thiazole rings is 1. The van der Waals surface area contributed by atoms with Crippen molar-refractivity contribution in [1.29, 1.82) is 0 Å². The summed E-state index contributed by atoms with van der Waals surface area (Å²) < 4.78 is 5.35. The monoisotopic (exact) mass is 408 g/mol. The molecule has 0 aliphatic heterocycles. The molecule has 0 saturated carbocycles. The summed E-state index contributed by atoms with van der Waals surface area (Å²) in [6.45, 7) is 0. The van der Waals surface area contributed by atoms with Crippen molar-refractivity contribution in [3.63, 3.8) is 0 Å². The second-order valence-electron chi connectivity index (χ2n) is 4.74. The average Bonchev–Trinajstić information content (AvgIpc) is 3.29. The summed E-state index contributed by atoms with van der Waals surface area (Å²) >= 11 is 1.64. The molecule has 0 aliphatic carbocycles. The highest BCUT2D eigenvalue weighted by molar-refractivity contribution is 7.99. The van der Waals surface area contributed by atoms with Crippen molar-refractivity contribution in [2.45, 2.75) is 5.22 Å². The van der Waals surface area contributed by atoms with Gasteiger partial charge in [-0.1, -0.05) is 23.9 Å². The third-order valence-corrected chi connectivity index (χ3v) is 4.67. The Bertz CT molecular complexity index is 1020. The molecule has 12 nitrogen and oxygen atoms in total. The molecule has 1 N–H and O–H groups in total. The summed E-state index contributed by atoms with van der Waals surface area (Å²) in [6, 6.07) is 5.90. The number of amides is 1. The molecule has 0 atom stereocenters. The number of hydrogen-bond acceptors (Lipinski definition) is 11. The number of aromatic nitrogens is 3. The van der Waals surface area contributed by atoms with Gasteiger partial charge in [0.15, 0.2) is 5.13 Å². The summed E-state index contributed by atoms with van der Waals surface area (Å²) in [4.78, 5) is 36.1. The number of rotatable bonds is 7. The van der Waals surface area contributed by atoms with Crippen molar-refractivity contribution in [2.75, 3.05) is 11.1 Å². The Morgan fingerprint density at radius 1 is 1.22 bits per heavy atom. The number of carbonyl (C=O) groups is 1. The first kappa shape index (κ1) is 18.4. The Kier molecular flexibility index (Phi) is 5.37. The van der Waals surface area contributed by atoms with Gasteiger partial charge in [0, 0.05) is 6.07 Å². The van der Waals surface area contributed by atoms with Crippen LogP contribution >= 0.6 is 23.1 Å². The Labute approximate surface area is 157 Å². The maximum absolute atomic E-state index is 11.9. The van der Waals surface area contributed by atoms with E-state index in [-0.39, 0.29) is 38.2 Å². The first-order valence-corrected chi connectivity index (χ1v) is 8.84. The molecule has 3 rings (SSSR count). The average molecular weight is 408 g/mol. The van der Waals surface area contributed by atoms with E-state index in [1.807, 2.05) is 0 Å². The summed E-state index contributed by atoms with van der Waals surface area (Å²) in [5.41, 5.74) is -0.0118. The largest absolute Gasteiger partial charge is 0.411 e. The maximum Gasteiger partial charge on any atom is 0.345 e. The van der Waals surface area contributed by atoms with Gasteiger partial charge < -0.3 is 9.73 Å². The zero-order valence-electron chi connectivity index (χ0n) is 13.1. The molecule has 0 bridgehead atoms. The normalized spacial score (nSPS) is 10.5. The fourth-order valence-corrected chi connectivity index (χ4v) is 3.09. The lowest BCUT2D eigenvalue weighted by Crippen LogP contribution is -2.13. The van der Waals surface area contributed by atoms with Gasteiger partial charge in [-0.25, -0.2) is 4.98 Å². The van der Waals surface area contributed by atoms with Crippen LogP contribution in [0.4, 0.5) is 15.8 Å². The summed E-state index contributed by atoms with van der Waals surface area (Å²) in [5, 5.41) is 31.5. The number of thioether (sulfide) groups is 1. The molecule has 0 fully saturated rings. The smallest absolute Gasteiger partial charge is 0.345 e. The second-order valence-corrected chi connectivity index (χ2v) is 6.68. The van der Waals surface area contributed by atoms with Gasteiger partial charge in [-0.2, -0.15) is 0 Å². The standard InChI is InChI=1S/C13H8N6O6S2/c20-9(15-12-14-5-10(27-12)19(23)24)6-26-13-17-16-11(25-13)7-3-1-2-4-8(7)18(21)22/h1-5H,6H2,(H,14,15,20). The molecule has 27 heavy (non-hydrogen) atoms. The molecule has 0 aliphatic rings. The van der Waals surface area contributed by atoms with Crippen molar-refractivity contribution >= 4 is 44.8 Å². The molecule has 0 spiro atoms. The van der Waals surface area contributed by atoms with E-state index in [0.717, 1.165) is 29.3 Å². The minimum atomic E-state index is -0.606. The number of nitro benzene ring substituents is 1. The van der Waals surface area contributed by atoms with Crippen LogP contribution in [0, 0.1) is 20.2 Å². The topological polar surface area (TPSA) is 167 Å². The highest BCUT2D eigenvalue weighted by Gasteiger charge is 2.20. The predicted octanol–water partition coefficient (Wildman–Crippen LogP) is 2.74. The van der Waals surface area contributed by atoms with E-state index in [1.54, 1.807) is 6.07 Å². The lowest BCUT2D eigenvalue weighted by Gasteiger charge is -1.98. The quantitative estimate of drug-likeness (QED) is 0.348. The molecule has 0 radical (unpaired) electrons. The number of carbonyl (C=O) groups excluding carboxylic acids is 1. The van der Waals surface area contributed by atoms with Gasteiger partial charge in [-0.05, 0) is 17.4 Å². The van der Waals surface area contributed by atoms with E-state index in [0.29, 0.717) is 0 Å². The molecule has 0 unspecified atom stereocenters. The molecule has 3 aromatic rings. The minimum Gasteiger partial charge on any atom is -0.411 e. The molecule has 1 amide bonds. The van der Waals surface area contributed by atoms with Crippen LogP contribution < -0.4 is 5.32 Å². The van der Waals surface area contributed by atoms with Crippen molar-refractivity contribution in [3.05, 3.63) is 50.7 Å². The third-order valence-electron chi connectivity index (χ3n) is 2.98. The highest BCUT2D eigenvalue weighted by Crippen LogP contribution is 2.30. The van der Waals surface area contributed by atoms with E-state index >= 15 is 0 Å². The van der Waals surface area contributed by atoms with Gasteiger partial charge in [0.2, 0.25) is 5.91 Å². The van der Waals surface area contributed by atoms with E-state index in [9.17, 15) is 25.0 Å². The number of para-hydroxylation sites is 1. The van der Waals surface area contributed by atoms with Gasteiger partial charge in [-0.3, -0.25) is 25.0 Å². The Balaban J connectivity index is 1.62. The zero-order chi connectivity index (χ0) is 19.4. The molecule has 2 heterocycles.